The highest BCUT2D eigenvalue weighted by Gasteiger charge is 2.12. The second-order valence-corrected chi connectivity index (χ2v) is 12.0. The van der Waals surface area contributed by atoms with Gasteiger partial charge in [-0.25, -0.2) is 0 Å². The minimum Gasteiger partial charge on any atom is -0.463 e. The summed E-state index contributed by atoms with van der Waals surface area (Å²) in [6, 6.07) is 0. The molecule has 0 aliphatic rings. The van der Waals surface area contributed by atoms with Crippen LogP contribution in [0.25, 0.3) is 0 Å². The van der Waals surface area contributed by atoms with Gasteiger partial charge in [-0.05, 0) is 77.0 Å². The molecule has 5 nitrogen and oxygen atoms in total. The van der Waals surface area contributed by atoms with Gasteiger partial charge < -0.3 is 14.6 Å². The minimum atomic E-state index is -0.975. The Balaban J connectivity index is 3.51. The number of rotatable bonds is 32. The zero-order chi connectivity index (χ0) is 32.2. The van der Waals surface area contributed by atoms with Crippen molar-refractivity contribution < 1.29 is 24.2 Å². The van der Waals surface area contributed by atoms with Crippen molar-refractivity contribution >= 4 is 11.9 Å². The van der Waals surface area contributed by atoms with Crippen LogP contribution in [0.5, 0.6) is 0 Å². The van der Waals surface area contributed by atoms with Gasteiger partial charge in [-0.3, -0.25) is 9.59 Å². The molecule has 0 aliphatic heterocycles. The van der Waals surface area contributed by atoms with Gasteiger partial charge >= 0.3 is 11.9 Å². The molecule has 0 saturated carbocycles. The van der Waals surface area contributed by atoms with E-state index < -0.39 is 6.10 Å². The monoisotopic (exact) mass is 617 g/mol. The average molecular weight is 617 g/mol. The molecule has 0 rings (SSSR count). The van der Waals surface area contributed by atoms with E-state index in [1.165, 1.54) is 77.0 Å². The highest BCUT2D eigenvalue weighted by Crippen LogP contribution is 2.10. The lowest BCUT2D eigenvalue weighted by Crippen LogP contribution is -2.25. The molecule has 0 spiro atoms. The Labute approximate surface area is 271 Å². The molecule has 1 N–H and O–H groups in total. The van der Waals surface area contributed by atoms with Crippen LogP contribution in [0, 0.1) is 0 Å². The lowest BCUT2D eigenvalue weighted by atomic mass is 10.1. The standard InChI is InChI=1S/C39H68O5/c1-3-5-7-9-11-13-15-17-19-21-23-25-27-29-31-33-38(41)43-35-37(40)36-44-39(42)34-32-30-28-26-24-22-20-18-16-14-12-10-8-6-4-2/h11-14,17-20,37,40H,3-10,15-16,21-36H2,1-2H3/b13-11?,14-12?,19-17+,20-18+. The number of carbonyl (C=O) groups is 2. The van der Waals surface area contributed by atoms with Gasteiger partial charge in [0.25, 0.3) is 0 Å². The molecular weight excluding hydrogens is 548 g/mol. The van der Waals surface area contributed by atoms with E-state index in [0.717, 1.165) is 64.2 Å². The van der Waals surface area contributed by atoms with Gasteiger partial charge in [-0.15, -0.1) is 0 Å². The number of esters is 2. The lowest BCUT2D eigenvalue weighted by molar-refractivity contribution is -0.152. The van der Waals surface area contributed by atoms with E-state index in [9.17, 15) is 14.7 Å². The van der Waals surface area contributed by atoms with Gasteiger partial charge in [0.15, 0.2) is 0 Å². The van der Waals surface area contributed by atoms with Crippen molar-refractivity contribution in [3.05, 3.63) is 48.6 Å². The van der Waals surface area contributed by atoms with Gasteiger partial charge in [0.05, 0.1) is 0 Å². The molecular formula is C39H68O5. The van der Waals surface area contributed by atoms with Crippen LogP contribution in [-0.4, -0.2) is 36.4 Å². The summed E-state index contributed by atoms with van der Waals surface area (Å²) in [6.45, 7) is 4.21. The number of hydrogen-bond acceptors (Lipinski definition) is 5. The summed E-state index contributed by atoms with van der Waals surface area (Å²) in [6.07, 6.45) is 42.9. The van der Waals surface area contributed by atoms with E-state index in [4.69, 9.17) is 9.47 Å². The second kappa shape index (κ2) is 35.3. The summed E-state index contributed by atoms with van der Waals surface area (Å²) in [4.78, 5) is 23.9. The van der Waals surface area contributed by atoms with Crippen LogP contribution in [0.3, 0.4) is 0 Å². The normalized spacial score (nSPS) is 12.7. The van der Waals surface area contributed by atoms with E-state index >= 15 is 0 Å². The van der Waals surface area contributed by atoms with Crippen molar-refractivity contribution in [2.24, 2.45) is 0 Å². The highest BCUT2D eigenvalue weighted by molar-refractivity contribution is 5.69. The van der Waals surface area contributed by atoms with E-state index in [0.29, 0.717) is 12.8 Å². The Morgan fingerprint density at radius 1 is 0.477 bits per heavy atom. The maximum absolute atomic E-state index is 11.9. The summed E-state index contributed by atoms with van der Waals surface area (Å²) in [5.41, 5.74) is 0. The predicted octanol–water partition coefficient (Wildman–Crippen LogP) is 11.1. The number of aliphatic hydroxyl groups excluding tert-OH is 1. The van der Waals surface area contributed by atoms with Crippen LogP contribution in [-0.2, 0) is 19.1 Å². The summed E-state index contributed by atoms with van der Waals surface area (Å²) >= 11 is 0. The number of unbranched alkanes of at least 4 members (excludes halogenated alkanes) is 16. The van der Waals surface area contributed by atoms with Crippen LogP contribution in [0.15, 0.2) is 48.6 Å². The average Bonchev–Trinajstić information content (AvgIpc) is 3.02. The molecule has 5 heteroatoms. The molecule has 254 valence electrons. The second-order valence-electron chi connectivity index (χ2n) is 12.0. The quantitative estimate of drug-likeness (QED) is 0.0462. The molecule has 44 heavy (non-hydrogen) atoms. The first-order chi connectivity index (χ1) is 21.6. The van der Waals surface area contributed by atoms with Gasteiger partial charge in [0.2, 0.25) is 0 Å². The molecule has 0 atom stereocenters. The smallest absolute Gasteiger partial charge is 0.305 e. The molecule has 0 aromatic rings. The Morgan fingerprint density at radius 2 is 0.795 bits per heavy atom. The number of carbonyl (C=O) groups excluding carboxylic acids is 2. The molecule has 0 amide bonds. The molecule has 0 fully saturated rings. The fraction of sp³-hybridized carbons (Fsp3) is 0.744. The van der Waals surface area contributed by atoms with Crippen molar-refractivity contribution in [1.29, 1.82) is 0 Å². The molecule has 0 heterocycles. The molecule has 0 aromatic heterocycles. The van der Waals surface area contributed by atoms with Gasteiger partial charge in [0.1, 0.15) is 19.3 Å². The zero-order valence-electron chi connectivity index (χ0n) is 28.7. The molecule has 0 aliphatic carbocycles. The number of hydrogen-bond donors (Lipinski definition) is 1. The Bertz CT molecular complexity index is 690. The maximum Gasteiger partial charge on any atom is 0.305 e. The van der Waals surface area contributed by atoms with Crippen molar-refractivity contribution in [3.63, 3.8) is 0 Å². The van der Waals surface area contributed by atoms with E-state index in [1.54, 1.807) is 0 Å². The predicted molar refractivity (Wildman–Crippen MR) is 187 cm³/mol. The first-order valence-corrected chi connectivity index (χ1v) is 18.2. The molecule has 0 saturated heterocycles. The van der Waals surface area contributed by atoms with Crippen molar-refractivity contribution in [1.82, 2.24) is 0 Å². The first kappa shape index (κ1) is 41.9. The minimum absolute atomic E-state index is 0.129. The third-order valence-electron chi connectivity index (χ3n) is 7.54. The van der Waals surface area contributed by atoms with E-state index in [1.807, 2.05) is 0 Å². The largest absolute Gasteiger partial charge is 0.463 e. The summed E-state index contributed by atoms with van der Waals surface area (Å²) in [5, 5.41) is 9.98. The Kier molecular flexibility index (Phi) is 33.6. The van der Waals surface area contributed by atoms with E-state index in [-0.39, 0.29) is 25.2 Å². The molecule has 0 bridgehead atoms. The fourth-order valence-corrected chi connectivity index (χ4v) is 4.73. The summed E-state index contributed by atoms with van der Waals surface area (Å²) in [7, 11) is 0. The van der Waals surface area contributed by atoms with Gasteiger partial charge in [-0.2, -0.15) is 0 Å². The van der Waals surface area contributed by atoms with Crippen LogP contribution in [0.4, 0.5) is 0 Å². The summed E-state index contributed by atoms with van der Waals surface area (Å²) < 4.78 is 10.3. The molecule has 0 aromatic carbocycles. The topological polar surface area (TPSA) is 72.8 Å². The Morgan fingerprint density at radius 3 is 1.16 bits per heavy atom. The lowest BCUT2D eigenvalue weighted by Gasteiger charge is -2.12. The van der Waals surface area contributed by atoms with Crippen LogP contribution in [0.1, 0.15) is 168 Å². The van der Waals surface area contributed by atoms with Crippen molar-refractivity contribution in [2.75, 3.05) is 13.2 Å². The van der Waals surface area contributed by atoms with Gasteiger partial charge in [-0.1, -0.05) is 127 Å². The molecule has 0 unspecified atom stereocenters. The highest BCUT2D eigenvalue weighted by atomic mass is 16.6. The van der Waals surface area contributed by atoms with Crippen LogP contribution >= 0.6 is 0 Å². The number of ether oxygens (including phenoxy) is 2. The summed E-state index contributed by atoms with van der Waals surface area (Å²) in [5.74, 6) is -0.600. The van der Waals surface area contributed by atoms with Crippen molar-refractivity contribution in [3.8, 4) is 0 Å². The maximum atomic E-state index is 11.9. The Hall–Kier alpha value is -2.14. The SMILES string of the molecule is CCCCCC=CC/C=C/CCCCCCCC(=O)OCC(O)COC(=O)CCCCCCC/C=C/CC=CCCCCC. The zero-order valence-corrected chi connectivity index (χ0v) is 28.7. The third-order valence-corrected chi connectivity index (χ3v) is 7.54. The van der Waals surface area contributed by atoms with Gasteiger partial charge in [0, 0.05) is 12.8 Å². The fourth-order valence-electron chi connectivity index (χ4n) is 4.73. The molecule has 0 radical (unpaired) electrons. The van der Waals surface area contributed by atoms with Crippen LogP contribution < -0.4 is 0 Å². The van der Waals surface area contributed by atoms with Crippen molar-refractivity contribution in [2.45, 2.75) is 174 Å². The first-order valence-electron chi connectivity index (χ1n) is 18.2. The van der Waals surface area contributed by atoms with Crippen LogP contribution in [0.2, 0.25) is 0 Å². The number of allylic oxidation sites excluding steroid dienone is 8. The number of aliphatic hydroxyl groups is 1. The third kappa shape index (κ3) is 34.4. The van der Waals surface area contributed by atoms with E-state index in [2.05, 4.69) is 62.5 Å².